The summed E-state index contributed by atoms with van der Waals surface area (Å²) in [4.78, 5) is 10.9. The molecule has 0 spiro atoms. The Morgan fingerprint density at radius 1 is 1.40 bits per heavy atom. The zero-order chi connectivity index (χ0) is 11.5. The van der Waals surface area contributed by atoms with Crippen LogP contribution in [0.2, 0.25) is 0 Å². The van der Waals surface area contributed by atoms with Gasteiger partial charge in [0.05, 0.1) is 0 Å². The molecule has 0 fully saturated rings. The van der Waals surface area contributed by atoms with Gasteiger partial charge in [0.2, 0.25) is 0 Å². The zero-order valence-electron chi connectivity index (χ0n) is 9.06. The Hall–Kier alpha value is -1.55. The lowest BCUT2D eigenvalue weighted by molar-refractivity contribution is -0.0234. The van der Waals surface area contributed by atoms with Crippen LogP contribution in [-0.4, -0.2) is 26.7 Å². The summed E-state index contributed by atoms with van der Waals surface area (Å²) in [7, 11) is 1.43. The number of methoxy groups -OCH3 is 1. The number of carbonyl (C=O) groups is 1. The predicted molar refractivity (Wildman–Crippen MR) is 57.4 cm³/mol. The smallest absolute Gasteiger partial charge is 0.429 e. The van der Waals surface area contributed by atoms with E-state index in [9.17, 15) is 4.79 Å². The van der Waals surface area contributed by atoms with Gasteiger partial charge in [0.25, 0.3) is 0 Å². The lowest BCUT2D eigenvalue weighted by atomic mass is 10.2. The van der Waals surface area contributed by atoms with E-state index in [-0.39, 0.29) is 13.4 Å². The molecule has 0 amide bonds. The standard InChI is InChI=1S/C11H16O4/c1-4-6-10(7-5-2)8-14-11(12)15-9-13-3/h4-7H,1,8-9H2,2-3H3/b7-5-,10-6+. The Bertz CT molecular complexity index is 253. The molecule has 0 atom stereocenters. The summed E-state index contributed by atoms with van der Waals surface area (Å²) in [6.45, 7) is 5.48. The van der Waals surface area contributed by atoms with Crippen molar-refractivity contribution in [1.29, 1.82) is 0 Å². The van der Waals surface area contributed by atoms with E-state index in [0.717, 1.165) is 5.57 Å². The molecule has 0 aromatic carbocycles. The zero-order valence-corrected chi connectivity index (χ0v) is 9.06. The van der Waals surface area contributed by atoms with Crippen molar-refractivity contribution in [2.24, 2.45) is 0 Å². The first-order valence-corrected chi connectivity index (χ1v) is 4.47. The van der Waals surface area contributed by atoms with Gasteiger partial charge in [-0.1, -0.05) is 30.9 Å². The first-order valence-electron chi connectivity index (χ1n) is 4.47. The normalized spacial score (nSPS) is 11.5. The Kier molecular flexibility index (Phi) is 8.09. The van der Waals surface area contributed by atoms with Gasteiger partial charge in [-0.3, -0.25) is 0 Å². The van der Waals surface area contributed by atoms with E-state index in [1.165, 1.54) is 7.11 Å². The topological polar surface area (TPSA) is 44.8 Å². The minimum atomic E-state index is -0.753. The summed E-state index contributed by atoms with van der Waals surface area (Å²) in [5, 5.41) is 0. The van der Waals surface area contributed by atoms with Gasteiger partial charge in [-0.25, -0.2) is 4.79 Å². The molecule has 0 saturated carbocycles. The highest BCUT2D eigenvalue weighted by atomic mass is 16.8. The molecule has 4 heteroatoms. The molecule has 0 rings (SSSR count). The van der Waals surface area contributed by atoms with Crippen molar-refractivity contribution >= 4 is 6.16 Å². The van der Waals surface area contributed by atoms with Crippen LogP contribution in [0.3, 0.4) is 0 Å². The maximum Gasteiger partial charge on any atom is 0.510 e. The van der Waals surface area contributed by atoms with Crippen LogP contribution in [-0.2, 0) is 14.2 Å². The second-order valence-electron chi connectivity index (χ2n) is 2.57. The van der Waals surface area contributed by atoms with E-state index in [4.69, 9.17) is 4.74 Å². The van der Waals surface area contributed by atoms with Gasteiger partial charge in [-0.2, -0.15) is 0 Å². The van der Waals surface area contributed by atoms with E-state index in [0.29, 0.717) is 0 Å². The summed E-state index contributed by atoms with van der Waals surface area (Å²) in [6, 6.07) is 0. The molecule has 0 N–H and O–H groups in total. The second kappa shape index (κ2) is 9.02. The Balaban J connectivity index is 3.94. The van der Waals surface area contributed by atoms with Crippen LogP contribution in [0.25, 0.3) is 0 Å². The summed E-state index contributed by atoms with van der Waals surface area (Å²) >= 11 is 0. The van der Waals surface area contributed by atoms with Gasteiger partial charge in [-0.15, -0.1) is 0 Å². The fourth-order valence-corrected chi connectivity index (χ4v) is 0.808. The van der Waals surface area contributed by atoms with Crippen LogP contribution in [0.1, 0.15) is 6.92 Å². The SMILES string of the molecule is C=C/C=C(\C=C/C)COC(=O)OCOC. The highest BCUT2D eigenvalue weighted by Crippen LogP contribution is 2.00. The molecular weight excluding hydrogens is 196 g/mol. The van der Waals surface area contributed by atoms with E-state index >= 15 is 0 Å². The fraction of sp³-hybridized carbons (Fsp3) is 0.364. The van der Waals surface area contributed by atoms with Crippen LogP contribution in [0.5, 0.6) is 0 Å². The molecule has 4 nitrogen and oxygen atoms in total. The maximum atomic E-state index is 10.9. The van der Waals surface area contributed by atoms with Gasteiger partial charge in [-0.05, 0) is 12.5 Å². The van der Waals surface area contributed by atoms with Crippen LogP contribution >= 0.6 is 0 Å². The molecule has 0 aliphatic heterocycles. The molecule has 0 aromatic rings. The summed E-state index contributed by atoms with van der Waals surface area (Å²) < 4.78 is 13.9. The van der Waals surface area contributed by atoms with Gasteiger partial charge in [0.15, 0.2) is 6.79 Å². The minimum Gasteiger partial charge on any atom is -0.429 e. The van der Waals surface area contributed by atoms with Gasteiger partial charge in [0.1, 0.15) is 6.61 Å². The van der Waals surface area contributed by atoms with E-state index in [1.807, 2.05) is 19.1 Å². The lowest BCUT2D eigenvalue weighted by Gasteiger charge is -2.05. The number of hydrogen-bond acceptors (Lipinski definition) is 4. The molecular formula is C11H16O4. The van der Waals surface area contributed by atoms with Crippen molar-refractivity contribution in [3.8, 4) is 0 Å². The largest absolute Gasteiger partial charge is 0.510 e. The molecule has 0 radical (unpaired) electrons. The summed E-state index contributed by atoms with van der Waals surface area (Å²) in [5.41, 5.74) is 0.835. The number of allylic oxidation sites excluding steroid dienone is 3. The summed E-state index contributed by atoms with van der Waals surface area (Å²) in [6.07, 6.45) is 6.30. The van der Waals surface area contributed by atoms with Crippen molar-refractivity contribution in [2.45, 2.75) is 6.92 Å². The third kappa shape index (κ3) is 7.52. The molecule has 0 aromatic heterocycles. The molecule has 15 heavy (non-hydrogen) atoms. The molecule has 0 heterocycles. The predicted octanol–water partition coefficient (Wildman–Crippen LogP) is 2.43. The van der Waals surface area contributed by atoms with Crippen LogP contribution in [0.4, 0.5) is 4.79 Å². The fourth-order valence-electron chi connectivity index (χ4n) is 0.808. The molecule has 0 aliphatic carbocycles. The molecule has 0 bridgehead atoms. The van der Waals surface area contributed by atoms with Crippen LogP contribution < -0.4 is 0 Å². The first kappa shape index (κ1) is 13.4. The van der Waals surface area contributed by atoms with Crippen LogP contribution in [0, 0.1) is 0 Å². The van der Waals surface area contributed by atoms with Crippen LogP contribution in [0.15, 0.2) is 36.5 Å². The highest BCUT2D eigenvalue weighted by Gasteiger charge is 2.03. The van der Waals surface area contributed by atoms with Crippen molar-refractivity contribution in [3.63, 3.8) is 0 Å². The quantitative estimate of drug-likeness (QED) is 0.385. The van der Waals surface area contributed by atoms with E-state index < -0.39 is 6.16 Å². The highest BCUT2D eigenvalue weighted by molar-refractivity contribution is 5.60. The summed E-state index contributed by atoms with van der Waals surface area (Å²) in [5.74, 6) is 0. The third-order valence-electron chi connectivity index (χ3n) is 1.36. The monoisotopic (exact) mass is 212 g/mol. The number of hydrogen-bond donors (Lipinski definition) is 0. The maximum absolute atomic E-state index is 10.9. The average molecular weight is 212 g/mol. The van der Waals surface area contributed by atoms with Crippen molar-refractivity contribution < 1.29 is 19.0 Å². The van der Waals surface area contributed by atoms with Crippen molar-refractivity contribution in [2.75, 3.05) is 20.5 Å². The van der Waals surface area contributed by atoms with Gasteiger partial charge < -0.3 is 14.2 Å². The minimum absolute atomic E-state index is 0.108. The molecule has 0 unspecified atom stereocenters. The molecule has 0 saturated heterocycles. The third-order valence-corrected chi connectivity index (χ3v) is 1.36. The Morgan fingerprint density at radius 2 is 2.13 bits per heavy atom. The van der Waals surface area contributed by atoms with Crippen molar-refractivity contribution in [3.05, 3.63) is 36.5 Å². The van der Waals surface area contributed by atoms with E-state index in [1.54, 1.807) is 12.2 Å². The number of rotatable bonds is 6. The van der Waals surface area contributed by atoms with E-state index in [2.05, 4.69) is 16.1 Å². The van der Waals surface area contributed by atoms with Crippen molar-refractivity contribution in [1.82, 2.24) is 0 Å². The number of carbonyl (C=O) groups excluding carboxylic acids is 1. The Labute approximate surface area is 89.8 Å². The van der Waals surface area contributed by atoms with Gasteiger partial charge in [0, 0.05) is 7.11 Å². The second-order valence-corrected chi connectivity index (χ2v) is 2.57. The molecule has 84 valence electrons. The number of ether oxygens (including phenoxy) is 3. The molecule has 0 aliphatic rings. The average Bonchev–Trinajstić information content (AvgIpc) is 2.23. The van der Waals surface area contributed by atoms with Gasteiger partial charge >= 0.3 is 6.16 Å². The lowest BCUT2D eigenvalue weighted by Crippen LogP contribution is -2.10. The first-order chi connectivity index (χ1) is 7.24. The Morgan fingerprint density at radius 3 is 2.67 bits per heavy atom.